The van der Waals surface area contributed by atoms with Crippen LogP contribution in [0.4, 0.5) is 4.79 Å². The minimum Gasteiger partial charge on any atom is -0.456 e. The lowest BCUT2D eigenvalue weighted by Crippen LogP contribution is -2.62. The van der Waals surface area contributed by atoms with Crippen LogP contribution in [0.3, 0.4) is 0 Å². The molecule has 54 heavy (non-hydrogen) atoms. The SMILES string of the molecule is C=C(C)C(=O)OC1(CC)CCCCC1.C=C(C)C(=O)OC1(CC)CCCCCCC1.C=C(C)C(=O)OC12CC3CC(CC(OC(=O)OC(C)(C)C)(C3)C1)C2. The van der Waals surface area contributed by atoms with Gasteiger partial charge in [-0.1, -0.05) is 59.3 Å². The van der Waals surface area contributed by atoms with Crippen LogP contribution in [-0.4, -0.2) is 52.1 Å². The molecule has 0 aromatic carbocycles. The van der Waals surface area contributed by atoms with E-state index in [1.807, 2.05) is 20.8 Å². The number of esters is 3. The maximum atomic E-state index is 12.2. The summed E-state index contributed by atoms with van der Waals surface area (Å²) in [5.41, 5.74) is -0.621. The second-order valence-electron chi connectivity index (χ2n) is 18.3. The third-order valence-electron chi connectivity index (χ3n) is 11.9. The van der Waals surface area contributed by atoms with E-state index in [1.165, 1.54) is 51.4 Å². The second kappa shape index (κ2) is 19.2. The summed E-state index contributed by atoms with van der Waals surface area (Å²) in [4.78, 5) is 47.4. The van der Waals surface area contributed by atoms with E-state index in [2.05, 4.69) is 33.6 Å². The normalized spacial score (nSPS) is 27.8. The molecule has 6 rings (SSSR count). The highest BCUT2D eigenvalue weighted by atomic mass is 16.7. The molecule has 6 aliphatic carbocycles. The maximum Gasteiger partial charge on any atom is 0.509 e. The lowest BCUT2D eigenvalue weighted by atomic mass is 9.52. The van der Waals surface area contributed by atoms with Crippen LogP contribution in [0.1, 0.15) is 184 Å². The van der Waals surface area contributed by atoms with Crippen molar-refractivity contribution in [3.8, 4) is 0 Å². The standard InChI is InChI=1S/C19H28O5.C14H24O2.C12H20O2/c1-12(2)15(20)22-18-7-13-6-14(8-18)10-19(9-13,11-18)24-16(21)23-17(3,4)5;1-4-14(16-13(15)12(2)3)10-8-6-5-7-9-11-14;1-4-12(8-6-5-7-9-12)14-11(13)10(2)3/h13-14H,1,6-11H2,2-5H3;2,4-11H2,1,3H3;2,4-9H2,1,3H3. The number of carbonyl (C=O) groups is 4. The van der Waals surface area contributed by atoms with Crippen molar-refractivity contribution in [3.05, 3.63) is 36.5 Å². The molecule has 0 heterocycles. The zero-order chi connectivity index (χ0) is 40.4. The van der Waals surface area contributed by atoms with E-state index in [1.54, 1.807) is 20.8 Å². The Morgan fingerprint density at radius 1 is 0.556 bits per heavy atom. The van der Waals surface area contributed by atoms with E-state index in [0.29, 0.717) is 35.0 Å². The average molecular weight is 757 g/mol. The van der Waals surface area contributed by atoms with Crippen LogP contribution < -0.4 is 0 Å². The Kier molecular flexibility index (Phi) is 16.1. The average Bonchev–Trinajstić information content (AvgIpc) is 3.05. The van der Waals surface area contributed by atoms with Gasteiger partial charge in [-0.25, -0.2) is 19.2 Å². The van der Waals surface area contributed by atoms with Gasteiger partial charge in [0.1, 0.15) is 28.0 Å². The van der Waals surface area contributed by atoms with Crippen molar-refractivity contribution in [2.45, 2.75) is 212 Å². The minimum atomic E-state index is -0.620. The molecule has 0 N–H and O–H groups in total. The second-order valence-corrected chi connectivity index (χ2v) is 18.3. The van der Waals surface area contributed by atoms with Crippen LogP contribution in [-0.2, 0) is 38.1 Å². The molecule has 6 fully saturated rings. The van der Waals surface area contributed by atoms with E-state index in [-0.39, 0.29) is 29.1 Å². The molecule has 9 nitrogen and oxygen atoms in total. The van der Waals surface area contributed by atoms with Crippen molar-refractivity contribution < 1.29 is 42.9 Å². The Morgan fingerprint density at radius 2 is 0.889 bits per heavy atom. The van der Waals surface area contributed by atoms with E-state index < -0.39 is 23.0 Å². The first-order valence-electron chi connectivity index (χ1n) is 20.8. The highest BCUT2D eigenvalue weighted by Crippen LogP contribution is 2.60. The molecule has 2 unspecified atom stereocenters. The van der Waals surface area contributed by atoms with Crippen molar-refractivity contribution in [3.63, 3.8) is 0 Å². The Bertz CT molecular complexity index is 1340. The van der Waals surface area contributed by atoms with Gasteiger partial charge in [-0.3, -0.25) is 0 Å². The third-order valence-corrected chi connectivity index (χ3v) is 11.9. The predicted molar refractivity (Wildman–Crippen MR) is 212 cm³/mol. The number of ether oxygens (including phenoxy) is 5. The number of rotatable bonds is 9. The number of hydrogen-bond acceptors (Lipinski definition) is 9. The van der Waals surface area contributed by atoms with E-state index in [4.69, 9.17) is 23.7 Å². The molecular formula is C45H72O9. The largest absolute Gasteiger partial charge is 0.509 e. The number of carbonyl (C=O) groups excluding carboxylic acids is 4. The van der Waals surface area contributed by atoms with E-state index in [9.17, 15) is 19.2 Å². The first kappa shape index (κ1) is 45.3. The van der Waals surface area contributed by atoms with Gasteiger partial charge in [-0.2, -0.15) is 0 Å². The summed E-state index contributed by atoms with van der Waals surface area (Å²) in [6.07, 6.45) is 20.3. The molecule has 0 aromatic rings. The van der Waals surface area contributed by atoms with Gasteiger partial charge < -0.3 is 23.7 Å². The van der Waals surface area contributed by atoms with Crippen LogP contribution in [0.15, 0.2) is 36.5 Å². The van der Waals surface area contributed by atoms with Crippen molar-refractivity contribution >= 4 is 24.1 Å². The summed E-state index contributed by atoms with van der Waals surface area (Å²) in [6.45, 7) is 25.7. The summed E-state index contributed by atoms with van der Waals surface area (Å²) in [5, 5.41) is 0. The minimum absolute atomic E-state index is 0.186. The van der Waals surface area contributed by atoms with Gasteiger partial charge in [0.25, 0.3) is 0 Å². The van der Waals surface area contributed by atoms with Crippen LogP contribution >= 0.6 is 0 Å². The number of hydrogen-bond donors (Lipinski definition) is 0. The molecule has 0 aromatic heterocycles. The van der Waals surface area contributed by atoms with Gasteiger partial charge >= 0.3 is 24.1 Å². The molecule has 0 spiro atoms. The molecule has 4 bridgehead atoms. The highest BCUT2D eigenvalue weighted by Gasteiger charge is 2.62. The molecule has 0 aliphatic heterocycles. The first-order chi connectivity index (χ1) is 25.2. The van der Waals surface area contributed by atoms with Crippen molar-refractivity contribution in [1.29, 1.82) is 0 Å². The summed E-state index contributed by atoms with van der Waals surface area (Å²) in [6, 6.07) is 0. The Balaban J connectivity index is 0.000000229. The van der Waals surface area contributed by atoms with Gasteiger partial charge in [0.2, 0.25) is 0 Å². The van der Waals surface area contributed by atoms with E-state index in [0.717, 1.165) is 70.6 Å². The molecule has 2 atom stereocenters. The fourth-order valence-electron chi connectivity index (χ4n) is 9.44. The quantitative estimate of drug-likeness (QED) is 0.129. The zero-order valence-corrected chi connectivity index (χ0v) is 35.1. The first-order valence-corrected chi connectivity index (χ1v) is 20.8. The van der Waals surface area contributed by atoms with Gasteiger partial charge in [0.15, 0.2) is 0 Å². The van der Waals surface area contributed by atoms with Gasteiger partial charge in [0, 0.05) is 23.1 Å². The van der Waals surface area contributed by atoms with Crippen LogP contribution in [0.25, 0.3) is 0 Å². The molecule has 0 amide bonds. The van der Waals surface area contributed by atoms with Crippen LogP contribution in [0.5, 0.6) is 0 Å². The Hall–Kier alpha value is -3.10. The maximum absolute atomic E-state index is 12.2. The summed E-state index contributed by atoms with van der Waals surface area (Å²) >= 11 is 0. The van der Waals surface area contributed by atoms with Gasteiger partial charge in [-0.15, -0.1) is 0 Å². The summed E-state index contributed by atoms with van der Waals surface area (Å²) in [5.74, 6) is 0.0822. The molecule has 6 aliphatic rings. The van der Waals surface area contributed by atoms with Crippen molar-refractivity contribution in [2.24, 2.45) is 11.8 Å². The summed E-state index contributed by atoms with van der Waals surface area (Å²) < 4.78 is 28.3. The lowest BCUT2D eigenvalue weighted by Gasteiger charge is -2.59. The summed E-state index contributed by atoms with van der Waals surface area (Å²) in [7, 11) is 0. The van der Waals surface area contributed by atoms with Crippen molar-refractivity contribution in [1.82, 2.24) is 0 Å². The zero-order valence-electron chi connectivity index (χ0n) is 35.1. The Morgan fingerprint density at radius 3 is 1.24 bits per heavy atom. The van der Waals surface area contributed by atoms with Gasteiger partial charge in [-0.05, 0) is 150 Å². The third kappa shape index (κ3) is 13.3. The van der Waals surface area contributed by atoms with Crippen LogP contribution in [0, 0.1) is 11.8 Å². The highest BCUT2D eigenvalue weighted by molar-refractivity contribution is 5.88. The van der Waals surface area contributed by atoms with Gasteiger partial charge in [0.05, 0.1) is 0 Å². The predicted octanol–water partition coefficient (Wildman–Crippen LogP) is 11.4. The molecule has 9 heteroatoms. The molecule has 306 valence electrons. The molecule has 0 saturated heterocycles. The topological polar surface area (TPSA) is 114 Å². The lowest BCUT2D eigenvalue weighted by molar-refractivity contribution is -0.222. The fraction of sp³-hybridized carbons (Fsp3) is 0.778. The van der Waals surface area contributed by atoms with Crippen LogP contribution in [0.2, 0.25) is 0 Å². The van der Waals surface area contributed by atoms with Crippen molar-refractivity contribution in [2.75, 3.05) is 0 Å². The monoisotopic (exact) mass is 757 g/mol. The molecule has 0 radical (unpaired) electrons. The van der Waals surface area contributed by atoms with E-state index >= 15 is 0 Å². The molecular weight excluding hydrogens is 684 g/mol. The smallest absolute Gasteiger partial charge is 0.456 e. The Labute approximate surface area is 326 Å². The molecule has 6 saturated carbocycles. The fourth-order valence-corrected chi connectivity index (χ4v) is 9.44.